The minimum atomic E-state index is -4.13. The standard InChI is InChI=1S/C10H12NS2.C7H8O3S/c1-3-12-10-11(2)8-6-4-5-7-9(8)13-10;8-11(9,10)6-7-4-2-1-3-5-7/h4-7H,3H2,1-2H3;1-5H,6H2,(H,8,9,10)/q+1;/p-1. The molecule has 0 spiro atoms. The van der Waals surface area contributed by atoms with Gasteiger partial charge in [-0.2, -0.15) is 4.57 Å². The zero-order valence-electron chi connectivity index (χ0n) is 13.5. The Balaban J connectivity index is 0.000000177. The molecule has 24 heavy (non-hydrogen) atoms. The Bertz CT molecular complexity index is 890. The molecule has 0 atom stereocenters. The van der Waals surface area contributed by atoms with Gasteiger partial charge in [0.05, 0.1) is 15.9 Å². The fourth-order valence-corrected chi connectivity index (χ4v) is 4.99. The molecule has 4 nitrogen and oxygen atoms in total. The van der Waals surface area contributed by atoms with Crippen molar-refractivity contribution in [2.24, 2.45) is 7.05 Å². The minimum Gasteiger partial charge on any atom is -0.748 e. The van der Waals surface area contributed by atoms with E-state index >= 15 is 0 Å². The Hall–Kier alpha value is -1.41. The van der Waals surface area contributed by atoms with Crippen LogP contribution in [0.1, 0.15) is 12.5 Å². The van der Waals surface area contributed by atoms with Crippen molar-refractivity contribution in [1.29, 1.82) is 0 Å². The van der Waals surface area contributed by atoms with Crippen LogP contribution >= 0.6 is 23.1 Å². The third-order valence-electron chi connectivity index (χ3n) is 3.15. The van der Waals surface area contributed by atoms with Gasteiger partial charge >= 0.3 is 0 Å². The van der Waals surface area contributed by atoms with Gasteiger partial charge < -0.3 is 4.55 Å². The highest BCUT2D eigenvalue weighted by Gasteiger charge is 2.15. The molecule has 0 saturated heterocycles. The van der Waals surface area contributed by atoms with E-state index in [-0.39, 0.29) is 0 Å². The molecule has 0 radical (unpaired) electrons. The molecule has 3 rings (SSSR count). The zero-order valence-corrected chi connectivity index (χ0v) is 16.0. The van der Waals surface area contributed by atoms with Gasteiger partial charge in [-0.15, -0.1) is 0 Å². The summed E-state index contributed by atoms with van der Waals surface area (Å²) in [6.45, 7) is 2.19. The Morgan fingerprint density at radius 3 is 2.29 bits per heavy atom. The predicted molar refractivity (Wildman–Crippen MR) is 99.2 cm³/mol. The number of rotatable bonds is 4. The van der Waals surface area contributed by atoms with Crippen LogP contribution in [0, 0.1) is 0 Å². The van der Waals surface area contributed by atoms with Crippen molar-refractivity contribution in [3.05, 3.63) is 60.2 Å². The van der Waals surface area contributed by atoms with Crippen molar-refractivity contribution >= 4 is 43.4 Å². The number of hydrogen-bond donors (Lipinski definition) is 0. The average Bonchev–Trinajstić information content (AvgIpc) is 2.85. The molecule has 2 aromatic carbocycles. The first kappa shape index (κ1) is 18.9. The zero-order chi connectivity index (χ0) is 17.6. The van der Waals surface area contributed by atoms with Gasteiger partial charge in [-0.1, -0.05) is 60.7 Å². The highest BCUT2D eigenvalue weighted by atomic mass is 32.2. The van der Waals surface area contributed by atoms with E-state index in [9.17, 15) is 13.0 Å². The number of aromatic nitrogens is 1. The summed E-state index contributed by atoms with van der Waals surface area (Å²) >= 11 is 3.78. The van der Waals surface area contributed by atoms with Gasteiger partial charge in [0.2, 0.25) is 5.52 Å². The van der Waals surface area contributed by atoms with Crippen LogP contribution in [0.4, 0.5) is 0 Å². The van der Waals surface area contributed by atoms with E-state index in [0.29, 0.717) is 5.56 Å². The van der Waals surface area contributed by atoms with Crippen molar-refractivity contribution < 1.29 is 17.5 Å². The molecule has 128 valence electrons. The van der Waals surface area contributed by atoms with Crippen LogP contribution in [0.3, 0.4) is 0 Å². The average molecular weight is 382 g/mol. The minimum absolute atomic E-state index is 0.423. The first-order valence-corrected chi connectivity index (χ1v) is 10.8. The van der Waals surface area contributed by atoms with E-state index in [1.165, 1.54) is 14.6 Å². The Morgan fingerprint density at radius 1 is 1.08 bits per heavy atom. The fraction of sp³-hybridized carbons (Fsp3) is 0.235. The summed E-state index contributed by atoms with van der Waals surface area (Å²) in [6.07, 6.45) is 0. The quantitative estimate of drug-likeness (QED) is 0.394. The second kappa shape index (κ2) is 8.62. The largest absolute Gasteiger partial charge is 0.748 e. The van der Waals surface area contributed by atoms with Crippen LogP contribution in [-0.4, -0.2) is 18.7 Å². The van der Waals surface area contributed by atoms with Crippen molar-refractivity contribution in [3.8, 4) is 0 Å². The van der Waals surface area contributed by atoms with E-state index < -0.39 is 15.9 Å². The molecule has 0 amide bonds. The van der Waals surface area contributed by atoms with Gasteiger partial charge in [-0.05, 0) is 23.4 Å². The molecule has 0 bridgehead atoms. The van der Waals surface area contributed by atoms with Gasteiger partial charge in [-0.25, -0.2) is 8.42 Å². The van der Waals surface area contributed by atoms with Crippen LogP contribution in [0.25, 0.3) is 10.2 Å². The third-order valence-corrected chi connectivity index (χ3v) is 6.27. The summed E-state index contributed by atoms with van der Waals surface area (Å²) in [5.74, 6) is 0.717. The fourth-order valence-electron chi connectivity index (χ4n) is 2.11. The first-order chi connectivity index (χ1) is 11.4. The smallest absolute Gasteiger partial charge is 0.298 e. The lowest BCUT2D eigenvalue weighted by molar-refractivity contribution is -0.676. The van der Waals surface area contributed by atoms with Crippen LogP contribution in [0.15, 0.2) is 58.9 Å². The lowest BCUT2D eigenvalue weighted by Gasteiger charge is -2.05. The van der Waals surface area contributed by atoms with E-state index in [1.54, 1.807) is 30.3 Å². The number of para-hydroxylation sites is 1. The molecule has 0 fully saturated rings. The van der Waals surface area contributed by atoms with Crippen molar-refractivity contribution in [2.75, 3.05) is 5.75 Å². The summed E-state index contributed by atoms with van der Waals surface area (Å²) in [4.78, 5) is 0. The maximum absolute atomic E-state index is 10.2. The van der Waals surface area contributed by atoms with Crippen LogP contribution < -0.4 is 4.57 Å². The second-order valence-corrected chi connectivity index (χ2v) is 8.96. The van der Waals surface area contributed by atoms with E-state index in [4.69, 9.17) is 0 Å². The molecule has 0 aliphatic rings. The Labute approximate surface area is 150 Å². The molecule has 3 aromatic rings. The van der Waals surface area contributed by atoms with Crippen molar-refractivity contribution in [1.82, 2.24) is 0 Å². The lowest BCUT2D eigenvalue weighted by Crippen LogP contribution is -2.28. The molecule has 1 heterocycles. The SMILES string of the molecule is CCSc1sc2ccccc2[n+]1C.O=S(=O)([O-])Cc1ccccc1. The molecule has 0 aliphatic carbocycles. The number of hydrogen-bond acceptors (Lipinski definition) is 5. The number of fused-ring (bicyclic) bond motifs is 1. The van der Waals surface area contributed by atoms with Gasteiger partial charge in [0.25, 0.3) is 4.34 Å². The van der Waals surface area contributed by atoms with Crippen LogP contribution in [0.2, 0.25) is 0 Å². The molecular weight excluding hydrogens is 362 g/mol. The Kier molecular flexibility index (Phi) is 6.79. The summed E-state index contributed by atoms with van der Waals surface area (Å²) < 4.78 is 35.8. The molecule has 0 unspecified atom stereocenters. The number of aryl methyl sites for hydroxylation is 1. The lowest BCUT2D eigenvalue weighted by atomic mass is 10.2. The molecule has 0 aliphatic heterocycles. The summed E-state index contributed by atoms with van der Waals surface area (Å²) in [7, 11) is -1.99. The van der Waals surface area contributed by atoms with Gasteiger partial charge in [0, 0.05) is 11.8 Å². The molecule has 0 saturated carbocycles. The number of thiazole rings is 1. The van der Waals surface area contributed by atoms with E-state index in [0.717, 1.165) is 5.75 Å². The van der Waals surface area contributed by atoms with Gasteiger partial charge in [0.15, 0.2) is 0 Å². The third kappa shape index (κ3) is 5.59. The highest BCUT2D eigenvalue weighted by Crippen LogP contribution is 2.26. The summed E-state index contributed by atoms with van der Waals surface area (Å²) in [6, 6.07) is 16.9. The van der Waals surface area contributed by atoms with Crippen molar-refractivity contribution in [3.63, 3.8) is 0 Å². The van der Waals surface area contributed by atoms with E-state index in [1.807, 2.05) is 23.1 Å². The number of benzene rings is 2. The maximum atomic E-state index is 10.2. The maximum Gasteiger partial charge on any atom is 0.298 e. The Morgan fingerprint density at radius 2 is 1.71 bits per heavy atom. The normalized spacial score (nSPS) is 11.1. The molecule has 0 N–H and O–H groups in total. The van der Waals surface area contributed by atoms with Crippen molar-refractivity contribution in [2.45, 2.75) is 17.0 Å². The first-order valence-electron chi connectivity index (χ1n) is 7.38. The topological polar surface area (TPSA) is 61.1 Å². The predicted octanol–water partition coefficient (Wildman–Crippen LogP) is 3.57. The monoisotopic (exact) mass is 381 g/mol. The highest BCUT2D eigenvalue weighted by molar-refractivity contribution is 8.00. The van der Waals surface area contributed by atoms with Gasteiger partial charge in [0.1, 0.15) is 11.7 Å². The van der Waals surface area contributed by atoms with Crippen LogP contribution in [0.5, 0.6) is 0 Å². The molecular formula is C17H19NO3S3. The summed E-state index contributed by atoms with van der Waals surface area (Å²) in [5, 5.41) is 0. The molecule has 1 aromatic heterocycles. The number of nitrogens with zero attached hydrogens (tertiary/aromatic N) is 1. The summed E-state index contributed by atoms with van der Waals surface area (Å²) in [5.41, 5.74) is 1.87. The van der Waals surface area contributed by atoms with Crippen LogP contribution in [-0.2, 0) is 22.9 Å². The molecule has 7 heteroatoms. The van der Waals surface area contributed by atoms with E-state index in [2.05, 4.69) is 42.8 Å². The number of thioether (sulfide) groups is 1. The van der Waals surface area contributed by atoms with Gasteiger partial charge in [-0.3, -0.25) is 0 Å². The second-order valence-electron chi connectivity index (χ2n) is 5.02.